The Labute approximate surface area is 105 Å². The molecule has 2 unspecified atom stereocenters. The number of anilines is 1. The maximum absolute atomic E-state index is 13.1. The Hall–Kier alpha value is -1.62. The van der Waals surface area contributed by atoms with Crippen molar-refractivity contribution in [3.05, 3.63) is 24.0 Å². The molecule has 18 heavy (non-hydrogen) atoms. The second-order valence-electron chi connectivity index (χ2n) is 4.73. The van der Waals surface area contributed by atoms with Gasteiger partial charge in [0.1, 0.15) is 5.82 Å². The van der Waals surface area contributed by atoms with Gasteiger partial charge in [-0.3, -0.25) is 0 Å². The fourth-order valence-corrected chi connectivity index (χ4v) is 2.36. The Kier molecular flexibility index (Phi) is 2.91. The van der Waals surface area contributed by atoms with Crippen LogP contribution in [0.4, 0.5) is 10.3 Å². The van der Waals surface area contributed by atoms with E-state index >= 15 is 0 Å². The van der Waals surface area contributed by atoms with Crippen molar-refractivity contribution in [3.63, 3.8) is 0 Å². The van der Waals surface area contributed by atoms with Crippen LogP contribution >= 0.6 is 0 Å². The summed E-state index contributed by atoms with van der Waals surface area (Å²) in [7, 11) is 0. The molecular weight excluding hydrogens is 233 g/mol. The van der Waals surface area contributed by atoms with Gasteiger partial charge in [-0.1, -0.05) is 0 Å². The molecule has 1 aromatic heterocycles. The normalized spacial score (nSPS) is 21.3. The van der Waals surface area contributed by atoms with Gasteiger partial charge in [-0.15, -0.1) is 0 Å². The van der Waals surface area contributed by atoms with E-state index in [4.69, 9.17) is 4.74 Å². The van der Waals surface area contributed by atoms with Crippen LogP contribution in [0.25, 0.3) is 11.0 Å². The highest BCUT2D eigenvalue weighted by atomic mass is 19.1. The lowest BCUT2D eigenvalue weighted by atomic mass is 10.1. The van der Waals surface area contributed by atoms with Gasteiger partial charge in [0, 0.05) is 6.61 Å². The fourth-order valence-electron chi connectivity index (χ4n) is 2.36. The van der Waals surface area contributed by atoms with E-state index in [1.165, 1.54) is 12.1 Å². The number of aromatic amines is 1. The average Bonchev–Trinajstić information content (AvgIpc) is 2.95. The lowest BCUT2D eigenvalue weighted by Crippen LogP contribution is -2.30. The Morgan fingerprint density at radius 2 is 2.44 bits per heavy atom. The van der Waals surface area contributed by atoms with Crippen LogP contribution < -0.4 is 5.32 Å². The molecule has 2 heterocycles. The number of nitrogens with one attached hydrogen (secondary N) is 2. The molecule has 96 valence electrons. The van der Waals surface area contributed by atoms with Crippen molar-refractivity contribution < 1.29 is 9.13 Å². The van der Waals surface area contributed by atoms with Gasteiger partial charge < -0.3 is 15.0 Å². The number of imidazole rings is 1. The molecule has 0 spiro atoms. The molecule has 0 aliphatic carbocycles. The van der Waals surface area contributed by atoms with Crippen LogP contribution in [-0.4, -0.2) is 28.7 Å². The third kappa shape index (κ3) is 2.18. The van der Waals surface area contributed by atoms with Gasteiger partial charge in [0.05, 0.1) is 23.2 Å². The van der Waals surface area contributed by atoms with E-state index in [1.54, 1.807) is 6.07 Å². The van der Waals surface area contributed by atoms with Crippen molar-refractivity contribution in [1.29, 1.82) is 0 Å². The Morgan fingerprint density at radius 1 is 1.56 bits per heavy atom. The molecule has 0 saturated carbocycles. The Morgan fingerprint density at radius 3 is 3.22 bits per heavy atom. The number of H-pyrrole nitrogens is 1. The molecule has 2 N–H and O–H groups in total. The van der Waals surface area contributed by atoms with Crippen LogP contribution in [-0.2, 0) is 4.74 Å². The first-order valence-electron chi connectivity index (χ1n) is 6.26. The zero-order valence-electron chi connectivity index (χ0n) is 10.2. The van der Waals surface area contributed by atoms with E-state index in [9.17, 15) is 4.39 Å². The highest BCUT2D eigenvalue weighted by Gasteiger charge is 2.22. The summed E-state index contributed by atoms with van der Waals surface area (Å²) >= 11 is 0. The smallest absolute Gasteiger partial charge is 0.201 e. The van der Waals surface area contributed by atoms with Crippen molar-refractivity contribution in [2.24, 2.45) is 0 Å². The van der Waals surface area contributed by atoms with E-state index in [1.807, 2.05) is 0 Å². The van der Waals surface area contributed by atoms with Gasteiger partial charge in [-0.05, 0) is 38.0 Å². The van der Waals surface area contributed by atoms with Crippen molar-refractivity contribution in [2.45, 2.75) is 31.9 Å². The molecule has 0 amide bonds. The van der Waals surface area contributed by atoms with Crippen LogP contribution in [0.1, 0.15) is 19.8 Å². The number of nitrogens with zero attached hydrogens (tertiary/aromatic N) is 1. The Bertz CT molecular complexity index is 548. The number of halogens is 1. The van der Waals surface area contributed by atoms with Gasteiger partial charge in [0.2, 0.25) is 5.95 Å². The maximum Gasteiger partial charge on any atom is 0.201 e. The first-order valence-corrected chi connectivity index (χ1v) is 6.26. The van der Waals surface area contributed by atoms with E-state index in [-0.39, 0.29) is 18.0 Å². The van der Waals surface area contributed by atoms with Crippen molar-refractivity contribution in [2.75, 3.05) is 11.9 Å². The molecule has 3 rings (SSSR count). The van der Waals surface area contributed by atoms with Crippen LogP contribution in [0.15, 0.2) is 18.2 Å². The minimum Gasteiger partial charge on any atom is -0.376 e. The summed E-state index contributed by atoms with van der Waals surface area (Å²) in [6, 6.07) is 4.72. The fraction of sp³-hybridized carbons (Fsp3) is 0.462. The summed E-state index contributed by atoms with van der Waals surface area (Å²) in [6.45, 7) is 2.91. The molecule has 0 radical (unpaired) electrons. The zero-order chi connectivity index (χ0) is 12.5. The van der Waals surface area contributed by atoms with Gasteiger partial charge in [-0.2, -0.15) is 0 Å². The number of fused-ring (bicyclic) bond motifs is 1. The second-order valence-corrected chi connectivity index (χ2v) is 4.73. The Balaban J connectivity index is 1.77. The summed E-state index contributed by atoms with van der Waals surface area (Å²) in [5, 5.41) is 3.28. The second kappa shape index (κ2) is 4.57. The molecule has 0 bridgehead atoms. The van der Waals surface area contributed by atoms with Crippen LogP contribution in [0.3, 0.4) is 0 Å². The molecule has 2 aromatic rings. The summed E-state index contributed by atoms with van der Waals surface area (Å²) in [6.07, 6.45) is 2.42. The first kappa shape index (κ1) is 11.5. The zero-order valence-corrected chi connectivity index (χ0v) is 10.2. The molecule has 5 heteroatoms. The number of hydrogen-bond acceptors (Lipinski definition) is 3. The third-order valence-corrected chi connectivity index (χ3v) is 3.33. The van der Waals surface area contributed by atoms with Gasteiger partial charge in [0.15, 0.2) is 0 Å². The maximum atomic E-state index is 13.1. The third-order valence-electron chi connectivity index (χ3n) is 3.33. The molecule has 1 aliphatic heterocycles. The first-order chi connectivity index (χ1) is 8.72. The number of hydrogen-bond donors (Lipinski definition) is 2. The highest BCUT2D eigenvalue weighted by molar-refractivity contribution is 5.77. The summed E-state index contributed by atoms with van der Waals surface area (Å²) in [5.74, 6) is 0.406. The largest absolute Gasteiger partial charge is 0.376 e. The minimum atomic E-state index is -0.259. The quantitative estimate of drug-likeness (QED) is 0.879. The van der Waals surface area contributed by atoms with Crippen molar-refractivity contribution in [3.8, 4) is 0 Å². The number of rotatable bonds is 3. The van der Waals surface area contributed by atoms with E-state index < -0.39 is 0 Å². The summed E-state index contributed by atoms with van der Waals surface area (Å²) in [5.41, 5.74) is 1.47. The summed E-state index contributed by atoms with van der Waals surface area (Å²) in [4.78, 5) is 7.45. The van der Waals surface area contributed by atoms with Crippen molar-refractivity contribution >= 4 is 17.0 Å². The molecule has 1 saturated heterocycles. The lowest BCUT2D eigenvalue weighted by molar-refractivity contribution is 0.0995. The lowest BCUT2D eigenvalue weighted by Gasteiger charge is -2.19. The molecule has 1 aliphatic rings. The number of benzene rings is 1. The highest BCUT2D eigenvalue weighted by Crippen LogP contribution is 2.20. The van der Waals surface area contributed by atoms with Crippen molar-refractivity contribution in [1.82, 2.24) is 9.97 Å². The van der Waals surface area contributed by atoms with Crippen LogP contribution in [0.2, 0.25) is 0 Å². The monoisotopic (exact) mass is 249 g/mol. The van der Waals surface area contributed by atoms with Crippen LogP contribution in [0.5, 0.6) is 0 Å². The molecule has 4 nitrogen and oxygen atoms in total. The SMILES string of the molecule is CC(Nc1nc2ccc(F)cc2[nH]1)C1CCCO1. The minimum absolute atomic E-state index is 0.193. The topological polar surface area (TPSA) is 49.9 Å². The van der Waals surface area contributed by atoms with E-state index in [2.05, 4.69) is 22.2 Å². The van der Waals surface area contributed by atoms with Crippen LogP contribution in [0, 0.1) is 5.82 Å². The van der Waals surface area contributed by atoms with E-state index in [0.29, 0.717) is 11.5 Å². The molecule has 1 aromatic carbocycles. The molecule has 1 fully saturated rings. The number of aromatic nitrogens is 2. The molecule has 2 atom stereocenters. The average molecular weight is 249 g/mol. The predicted octanol–water partition coefficient (Wildman–Crippen LogP) is 2.68. The standard InChI is InChI=1S/C13H16FN3O/c1-8(12-3-2-6-18-12)15-13-16-10-5-4-9(14)7-11(10)17-13/h4-5,7-8,12H,2-3,6H2,1H3,(H2,15,16,17). The van der Waals surface area contributed by atoms with E-state index in [0.717, 1.165) is 25.0 Å². The summed E-state index contributed by atoms with van der Waals surface area (Å²) < 4.78 is 18.7. The van der Waals surface area contributed by atoms with Gasteiger partial charge >= 0.3 is 0 Å². The molecular formula is C13H16FN3O. The predicted molar refractivity (Wildman–Crippen MR) is 68.1 cm³/mol. The van der Waals surface area contributed by atoms with Gasteiger partial charge in [-0.25, -0.2) is 9.37 Å². The number of ether oxygens (including phenoxy) is 1. The van der Waals surface area contributed by atoms with Gasteiger partial charge in [0.25, 0.3) is 0 Å².